The average molecular weight is 293 g/mol. The lowest BCUT2D eigenvalue weighted by atomic mass is 9.68. The van der Waals surface area contributed by atoms with Gasteiger partial charge in [-0.25, -0.2) is 0 Å². The highest BCUT2D eigenvalue weighted by atomic mass is 16.4. The minimum Gasteiger partial charge on any atom is -0.481 e. The molecule has 3 aliphatic carbocycles. The van der Waals surface area contributed by atoms with Gasteiger partial charge in [-0.2, -0.15) is 0 Å². The number of rotatable bonds is 3. The van der Waals surface area contributed by atoms with E-state index in [1.165, 1.54) is 19.3 Å². The van der Waals surface area contributed by atoms with Crippen molar-refractivity contribution in [3.05, 3.63) is 0 Å². The van der Waals surface area contributed by atoms with E-state index in [1.807, 2.05) is 13.8 Å². The third-order valence-electron chi connectivity index (χ3n) is 6.93. The second-order valence-corrected chi connectivity index (χ2v) is 8.97. The van der Waals surface area contributed by atoms with Gasteiger partial charge >= 0.3 is 5.97 Å². The molecule has 3 fully saturated rings. The predicted octanol–water partition coefficient (Wildman–Crippen LogP) is 2.67. The maximum atomic E-state index is 12.6. The SMILES string of the molecule is CC12CCC(C1)C(C)(C)C2NC(=O)C1C(C(=O)O)C1(C)C. The lowest BCUT2D eigenvalue weighted by Crippen LogP contribution is -2.53. The minimum atomic E-state index is -0.849. The Kier molecular flexibility index (Phi) is 2.84. The van der Waals surface area contributed by atoms with E-state index in [0.717, 1.165) is 0 Å². The fraction of sp³-hybridized carbons (Fsp3) is 0.882. The van der Waals surface area contributed by atoms with Crippen LogP contribution in [0.3, 0.4) is 0 Å². The highest BCUT2D eigenvalue weighted by Gasteiger charge is 2.67. The number of aliphatic carboxylic acids is 1. The van der Waals surface area contributed by atoms with Gasteiger partial charge in [-0.3, -0.25) is 9.59 Å². The van der Waals surface area contributed by atoms with Crippen LogP contribution in [-0.2, 0) is 9.59 Å². The summed E-state index contributed by atoms with van der Waals surface area (Å²) in [5.74, 6) is -1.14. The van der Waals surface area contributed by atoms with Crippen molar-refractivity contribution in [3.63, 3.8) is 0 Å². The van der Waals surface area contributed by atoms with Crippen LogP contribution in [0.2, 0.25) is 0 Å². The van der Waals surface area contributed by atoms with Gasteiger partial charge in [-0.1, -0.05) is 34.6 Å². The lowest BCUT2D eigenvalue weighted by molar-refractivity contribution is -0.140. The number of carboxylic acid groups (broad SMARTS) is 1. The summed E-state index contributed by atoms with van der Waals surface area (Å²) in [6, 6.07) is 0.169. The Morgan fingerprint density at radius 2 is 1.67 bits per heavy atom. The van der Waals surface area contributed by atoms with Gasteiger partial charge in [0.2, 0.25) is 5.91 Å². The van der Waals surface area contributed by atoms with Crippen molar-refractivity contribution in [2.75, 3.05) is 0 Å². The Hall–Kier alpha value is -1.06. The number of fused-ring (bicyclic) bond motifs is 2. The van der Waals surface area contributed by atoms with E-state index in [9.17, 15) is 14.7 Å². The first kappa shape index (κ1) is 14.9. The molecule has 0 spiro atoms. The van der Waals surface area contributed by atoms with Crippen LogP contribution in [0, 0.1) is 34.0 Å². The molecule has 4 heteroatoms. The van der Waals surface area contributed by atoms with Gasteiger partial charge in [0, 0.05) is 6.04 Å². The molecule has 0 heterocycles. The molecule has 3 rings (SSSR count). The number of hydrogen-bond donors (Lipinski definition) is 2. The summed E-state index contributed by atoms with van der Waals surface area (Å²) in [7, 11) is 0. The molecule has 3 saturated carbocycles. The molecule has 21 heavy (non-hydrogen) atoms. The molecule has 5 unspecified atom stereocenters. The summed E-state index contributed by atoms with van der Waals surface area (Å²) in [4.78, 5) is 23.9. The Morgan fingerprint density at radius 1 is 1.05 bits per heavy atom. The minimum absolute atomic E-state index is 0.0562. The number of carbonyl (C=O) groups excluding carboxylic acids is 1. The van der Waals surface area contributed by atoms with E-state index < -0.39 is 17.3 Å². The standard InChI is InChI=1S/C17H27NO3/c1-15(2)9-6-7-17(5,8-9)14(15)18-12(19)10-11(13(20)21)16(10,3)4/h9-11,14H,6-8H2,1-5H3,(H,18,19)(H,20,21). The van der Waals surface area contributed by atoms with Gasteiger partial charge in [-0.05, 0) is 41.4 Å². The summed E-state index contributed by atoms with van der Waals surface area (Å²) < 4.78 is 0. The topological polar surface area (TPSA) is 66.4 Å². The number of carbonyl (C=O) groups is 2. The van der Waals surface area contributed by atoms with Crippen LogP contribution in [0.15, 0.2) is 0 Å². The second-order valence-electron chi connectivity index (χ2n) is 8.97. The van der Waals surface area contributed by atoms with Crippen molar-refractivity contribution in [2.45, 2.75) is 59.9 Å². The maximum absolute atomic E-state index is 12.6. The summed E-state index contributed by atoms with van der Waals surface area (Å²) >= 11 is 0. The van der Waals surface area contributed by atoms with Crippen LogP contribution in [-0.4, -0.2) is 23.0 Å². The third kappa shape index (κ3) is 1.87. The van der Waals surface area contributed by atoms with Crippen LogP contribution in [0.1, 0.15) is 53.9 Å². The maximum Gasteiger partial charge on any atom is 0.307 e. The number of carboxylic acids is 1. The van der Waals surface area contributed by atoms with Gasteiger partial charge in [0.15, 0.2) is 0 Å². The van der Waals surface area contributed by atoms with E-state index >= 15 is 0 Å². The first-order valence-corrected chi connectivity index (χ1v) is 8.05. The van der Waals surface area contributed by atoms with E-state index in [4.69, 9.17) is 0 Å². The smallest absolute Gasteiger partial charge is 0.307 e. The highest BCUT2D eigenvalue weighted by Crippen LogP contribution is 2.63. The monoisotopic (exact) mass is 293 g/mol. The normalized spacial score (nSPS) is 45.4. The Labute approximate surface area is 126 Å². The molecule has 2 bridgehead atoms. The van der Waals surface area contributed by atoms with E-state index in [0.29, 0.717) is 5.92 Å². The second kappa shape index (κ2) is 4.02. The van der Waals surface area contributed by atoms with Crippen LogP contribution in [0.25, 0.3) is 0 Å². The van der Waals surface area contributed by atoms with Gasteiger partial charge in [0.25, 0.3) is 0 Å². The Balaban J connectivity index is 1.76. The molecule has 2 N–H and O–H groups in total. The Morgan fingerprint density at radius 3 is 2.10 bits per heavy atom. The lowest BCUT2D eigenvalue weighted by Gasteiger charge is -2.43. The summed E-state index contributed by atoms with van der Waals surface area (Å²) in [5, 5.41) is 12.5. The summed E-state index contributed by atoms with van der Waals surface area (Å²) in [5.41, 5.74) is -0.124. The summed E-state index contributed by atoms with van der Waals surface area (Å²) in [6.07, 6.45) is 3.60. The quantitative estimate of drug-likeness (QED) is 0.840. The van der Waals surface area contributed by atoms with Gasteiger partial charge in [0.05, 0.1) is 11.8 Å². The molecule has 0 aromatic carbocycles. The summed E-state index contributed by atoms with van der Waals surface area (Å²) in [6.45, 7) is 10.5. The first-order chi connectivity index (χ1) is 9.52. The van der Waals surface area contributed by atoms with E-state index in [-0.39, 0.29) is 28.7 Å². The zero-order chi connectivity index (χ0) is 15.8. The first-order valence-electron chi connectivity index (χ1n) is 8.05. The van der Waals surface area contributed by atoms with E-state index in [1.54, 1.807) is 0 Å². The van der Waals surface area contributed by atoms with Gasteiger partial charge in [-0.15, -0.1) is 0 Å². The van der Waals surface area contributed by atoms with Crippen LogP contribution < -0.4 is 5.32 Å². The van der Waals surface area contributed by atoms with Crippen LogP contribution in [0.5, 0.6) is 0 Å². The molecule has 5 atom stereocenters. The van der Waals surface area contributed by atoms with Gasteiger partial charge in [0.1, 0.15) is 0 Å². The molecule has 118 valence electrons. The number of amides is 1. The predicted molar refractivity (Wildman–Crippen MR) is 79.6 cm³/mol. The molecule has 1 amide bonds. The van der Waals surface area contributed by atoms with Crippen molar-refractivity contribution in [1.29, 1.82) is 0 Å². The zero-order valence-electron chi connectivity index (χ0n) is 13.7. The van der Waals surface area contributed by atoms with Crippen molar-refractivity contribution >= 4 is 11.9 Å². The highest BCUT2D eigenvalue weighted by molar-refractivity contribution is 5.91. The average Bonchev–Trinajstić information content (AvgIpc) is 2.63. The molecule has 3 aliphatic rings. The van der Waals surface area contributed by atoms with Crippen molar-refractivity contribution in [1.82, 2.24) is 5.32 Å². The van der Waals surface area contributed by atoms with Gasteiger partial charge < -0.3 is 10.4 Å². The van der Waals surface area contributed by atoms with E-state index in [2.05, 4.69) is 26.1 Å². The fourth-order valence-corrected chi connectivity index (χ4v) is 5.48. The molecule has 4 nitrogen and oxygen atoms in total. The van der Waals surface area contributed by atoms with Crippen LogP contribution >= 0.6 is 0 Å². The molecule has 0 aliphatic heterocycles. The largest absolute Gasteiger partial charge is 0.481 e. The van der Waals surface area contributed by atoms with Crippen LogP contribution in [0.4, 0.5) is 0 Å². The Bertz CT molecular complexity index is 505. The molecular weight excluding hydrogens is 266 g/mol. The third-order valence-corrected chi connectivity index (χ3v) is 6.93. The molecule has 0 aromatic heterocycles. The molecule has 0 aromatic rings. The molecular formula is C17H27NO3. The zero-order valence-corrected chi connectivity index (χ0v) is 13.7. The van der Waals surface area contributed by atoms with Crippen molar-refractivity contribution in [3.8, 4) is 0 Å². The number of hydrogen-bond acceptors (Lipinski definition) is 2. The van der Waals surface area contributed by atoms with Crippen molar-refractivity contribution < 1.29 is 14.7 Å². The van der Waals surface area contributed by atoms with Crippen molar-refractivity contribution in [2.24, 2.45) is 34.0 Å². The molecule has 0 radical (unpaired) electrons. The fourth-order valence-electron chi connectivity index (χ4n) is 5.48. The number of nitrogens with one attached hydrogen (secondary N) is 1. The molecule has 0 saturated heterocycles.